The van der Waals surface area contributed by atoms with Crippen molar-refractivity contribution < 1.29 is 32.7 Å². The lowest BCUT2D eigenvalue weighted by Gasteiger charge is -2.36. The predicted octanol–water partition coefficient (Wildman–Crippen LogP) is 6.28. The molecule has 0 bridgehead atoms. The van der Waals surface area contributed by atoms with Gasteiger partial charge in [0.25, 0.3) is 5.88 Å². The quantitative estimate of drug-likeness (QED) is 0.202. The van der Waals surface area contributed by atoms with Gasteiger partial charge in [-0.15, -0.1) is 0 Å². The molecule has 5 aliphatic rings. The number of hydrogen-bond acceptors (Lipinski definition) is 9. The summed E-state index contributed by atoms with van der Waals surface area (Å²) in [4.78, 5) is 31.0. The Labute approximate surface area is 281 Å². The molecule has 9 nitrogen and oxygen atoms in total. The van der Waals surface area contributed by atoms with Crippen LogP contribution in [0.15, 0.2) is 76.5 Å². The molecule has 246 valence electrons. The number of epoxide rings is 1. The molecule has 3 heterocycles. The van der Waals surface area contributed by atoms with Gasteiger partial charge in [0.05, 0.1) is 5.56 Å². The lowest BCUT2D eigenvalue weighted by atomic mass is 9.63. The number of benzene rings is 3. The van der Waals surface area contributed by atoms with Crippen LogP contribution in [0.25, 0.3) is 0 Å². The lowest BCUT2D eigenvalue weighted by molar-refractivity contribution is 0.0734. The number of halogens is 1. The number of ketones is 2. The minimum atomic E-state index is -1.32. The smallest absolute Gasteiger partial charge is 0.265 e. The zero-order valence-corrected chi connectivity index (χ0v) is 26.7. The van der Waals surface area contributed by atoms with Gasteiger partial charge in [-0.2, -0.15) is 5.26 Å². The molecule has 1 unspecified atom stereocenters. The molecule has 0 radical (unpaired) electrons. The summed E-state index contributed by atoms with van der Waals surface area (Å²) >= 11 is 0. The third-order valence-electron chi connectivity index (χ3n) is 10.7. The highest BCUT2D eigenvalue weighted by molar-refractivity contribution is 6.18. The molecule has 3 aromatic carbocycles. The number of ether oxygens (including phenoxy) is 3. The molecule has 2 saturated heterocycles. The number of aromatic nitrogens is 1. The maximum Gasteiger partial charge on any atom is 0.265 e. The van der Waals surface area contributed by atoms with Crippen molar-refractivity contribution >= 4 is 11.6 Å². The number of allylic oxidation sites excluding steroid dienone is 1. The number of nitriles is 1. The van der Waals surface area contributed by atoms with Crippen molar-refractivity contribution in [3.63, 3.8) is 0 Å². The first-order valence-corrected chi connectivity index (χ1v) is 16.8. The van der Waals surface area contributed by atoms with E-state index in [4.69, 9.17) is 18.7 Å². The van der Waals surface area contributed by atoms with Gasteiger partial charge in [-0.05, 0) is 61.0 Å². The summed E-state index contributed by atoms with van der Waals surface area (Å²) in [6.45, 7) is 2.20. The van der Waals surface area contributed by atoms with E-state index in [9.17, 15) is 14.9 Å². The average Bonchev–Trinajstić information content (AvgIpc) is 3.42. The Hall–Kier alpha value is -5.27. The molecular weight excluding hydrogens is 625 g/mol. The molecule has 9 rings (SSSR count). The Bertz CT molecular complexity index is 2100. The maximum absolute atomic E-state index is 16.7. The normalized spacial score (nSPS) is 23.4. The van der Waals surface area contributed by atoms with Crippen LogP contribution in [0.5, 0.6) is 11.6 Å². The fraction of sp³-hybridized carbons (Fsp3) is 0.333. The lowest BCUT2D eigenvalue weighted by Crippen LogP contribution is -2.44. The number of carbonyl (C=O) groups is 2. The highest BCUT2D eigenvalue weighted by Gasteiger charge is 2.72. The van der Waals surface area contributed by atoms with E-state index in [0.717, 1.165) is 37.1 Å². The van der Waals surface area contributed by atoms with Crippen LogP contribution < -0.4 is 9.47 Å². The molecule has 10 heteroatoms. The monoisotopic (exact) mass is 657 g/mol. The molecule has 0 amide bonds. The van der Waals surface area contributed by atoms with E-state index in [1.807, 2.05) is 60.7 Å². The van der Waals surface area contributed by atoms with Crippen molar-refractivity contribution in [2.24, 2.45) is 11.8 Å². The SMILES string of the molecule is N#Cc1c(CN2CCCC2)c(F)c2c(c1OCc1ccccc1)C(=O)C1=C3O[C@]34C(=O)c3c(OCc5ccccc5)noc3C[C@@H]4CC1C2. The van der Waals surface area contributed by atoms with Crippen molar-refractivity contribution in [2.75, 3.05) is 13.1 Å². The first-order chi connectivity index (χ1) is 24.0. The predicted molar refractivity (Wildman–Crippen MR) is 172 cm³/mol. The maximum atomic E-state index is 16.7. The summed E-state index contributed by atoms with van der Waals surface area (Å²) < 4.78 is 40.8. The van der Waals surface area contributed by atoms with Crippen LogP contribution >= 0.6 is 0 Å². The van der Waals surface area contributed by atoms with Gasteiger partial charge < -0.3 is 18.7 Å². The first kappa shape index (κ1) is 29.8. The zero-order chi connectivity index (χ0) is 33.3. The molecule has 3 atom stereocenters. The third kappa shape index (κ3) is 4.63. The molecule has 3 aliphatic carbocycles. The Morgan fingerprint density at radius 3 is 2.35 bits per heavy atom. The molecule has 1 aromatic heterocycles. The minimum Gasteiger partial charge on any atom is -0.487 e. The van der Waals surface area contributed by atoms with Crippen molar-refractivity contribution in [3.05, 3.63) is 123 Å². The van der Waals surface area contributed by atoms with Crippen molar-refractivity contribution in [2.45, 2.75) is 57.5 Å². The van der Waals surface area contributed by atoms with E-state index >= 15 is 4.39 Å². The fourth-order valence-corrected chi connectivity index (χ4v) is 8.33. The van der Waals surface area contributed by atoms with Gasteiger partial charge in [-0.3, -0.25) is 14.5 Å². The number of nitrogens with zero attached hydrogens (tertiary/aromatic N) is 3. The van der Waals surface area contributed by atoms with Crippen LogP contribution in [-0.2, 0) is 37.3 Å². The topological polar surface area (TPSA) is 118 Å². The van der Waals surface area contributed by atoms with Gasteiger partial charge >= 0.3 is 0 Å². The second kappa shape index (κ2) is 11.4. The first-order valence-electron chi connectivity index (χ1n) is 16.8. The van der Waals surface area contributed by atoms with Crippen LogP contribution in [0.2, 0.25) is 0 Å². The Balaban J connectivity index is 1.10. The minimum absolute atomic E-state index is 0.0414. The van der Waals surface area contributed by atoms with E-state index < -0.39 is 17.2 Å². The van der Waals surface area contributed by atoms with Crippen LogP contribution in [0, 0.1) is 29.0 Å². The second-order valence-corrected chi connectivity index (χ2v) is 13.6. The van der Waals surface area contributed by atoms with Crippen molar-refractivity contribution in [3.8, 4) is 17.7 Å². The highest BCUT2D eigenvalue weighted by atomic mass is 19.1. The van der Waals surface area contributed by atoms with Crippen LogP contribution in [0.4, 0.5) is 4.39 Å². The molecule has 0 saturated carbocycles. The fourth-order valence-electron chi connectivity index (χ4n) is 8.33. The van der Waals surface area contributed by atoms with Gasteiger partial charge in [-0.25, -0.2) is 4.39 Å². The average molecular weight is 658 g/mol. The largest absolute Gasteiger partial charge is 0.487 e. The number of rotatable bonds is 8. The number of Topliss-reactive ketones (excluding diaryl/α,β-unsaturated/α-hetero) is 2. The van der Waals surface area contributed by atoms with Crippen LogP contribution in [-0.4, -0.2) is 40.3 Å². The number of hydrogen-bond donors (Lipinski definition) is 0. The highest BCUT2D eigenvalue weighted by Crippen LogP contribution is 2.63. The summed E-state index contributed by atoms with van der Waals surface area (Å²) in [6, 6.07) is 21.2. The standard InChI is InChI=1S/C39H32FN3O6/c40-33-26-16-24-15-25-17-29-32(38(42-49-29)47-21-23-11-5-2-6-12-23)36(45)39(25)37(48-39)30(24)34(44)31(26)35(46-20-22-9-3-1-4-10-22)27(18-41)28(33)19-43-13-7-8-14-43/h1-6,9-12,24-25H,7-8,13-17,19-21H2/t24?,25-,39+/m0/s1. The van der Waals surface area contributed by atoms with E-state index in [1.165, 1.54) is 0 Å². The van der Waals surface area contributed by atoms with E-state index in [0.29, 0.717) is 29.9 Å². The third-order valence-corrected chi connectivity index (χ3v) is 10.7. The van der Waals surface area contributed by atoms with Gasteiger partial charge in [-0.1, -0.05) is 60.7 Å². The van der Waals surface area contributed by atoms with Crippen LogP contribution in [0.1, 0.15) is 73.6 Å². The summed E-state index contributed by atoms with van der Waals surface area (Å²) in [5, 5.41) is 14.5. The van der Waals surface area contributed by atoms with Gasteiger partial charge in [0.15, 0.2) is 17.3 Å². The zero-order valence-electron chi connectivity index (χ0n) is 26.7. The van der Waals surface area contributed by atoms with Crippen molar-refractivity contribution in [1.82, 2.24) is 10.1 Å². The summed E-state index contributed by atoms with van der Waals surface area (Å²) in [5.41, 5.74) is 1.67. The molecule has 49 heavy (non-hydrogen) atoms. The molecule has 0 N–H and O–H groups in total. The summed E-state index contributed by atoms with van der Waals surface area (Å²) in [7, 11) is 0. The Kier molecular flexibility index (Phi) is 6.95. The van der Waals surface area contributed by atoms with Gasteiger partial charge in [0, 0.05) is 35.6 Å². The summed E-state index contributed by atoms with van der Waals surface area (Å²) in [5.74, 6) is -1.04. The molecule has 1 spiro atoms. The number of fused-ring (bicyclic) bond motifs is 3. The summed E-state index contributed by atoms with van der Waals surface area (Å²) in [6.07, 6.45) is 3.05. The molecule has 2 fully saturated rings. The van der Waals surface area contributed by atoms with E-state index in [-0.39, 0.29) is 83.2 Å². The number of carbonyl (C=O) groups excluding carboxylic acids is 2. The molecule has 4 aromatic rings. The second-order valence-electron chi connectivity index (χ2n) is 13.6. The molecule has 2 aliphatic heterocycles. The Morgan fingerprint density at radius 2 is 1.65 bits per heavy atom. The number of likely N-dealkylation sites (tertiary alicyclic amines) is 1. The van der Waals surface area contributed by atoms with Crippen LogP contribution in [0.3, 0.4) is 0 Å². The van der Waals surface area contributed by atoms with Crippen molar-refractivity contribution in [1.29, 1.82) is 5.26 Å². The van der Waals surface area contributed by atoms with Gasteiger partial charge in [0.2, 0.25) is 11.4 Å². The molecular formula is C39H32FN3O6. The van der Waals surface area contributed by atoms with E-state index in [2.05, 4.69) is 16.1 Å². The Morgan fingerprint density at radius 1 is 0.959 bits per heavy atom. The van der Waals surface area contributed by atoms with Gasteiger partial charge in [0.1, 0.15) is 42.0 Å². The van der Waals surface area contributed by atoms with E-state index in [1.54, 1.807) is 0 Å².